The van der Waals surface area contributed by atoms with Crippen molar-refractivity contribution in [2.45, 2.75) is 44.2 Å². The van der Waals surface area contributed by atoms with Crippen molar-refractivity contribution in [3.8, 4) is 0 Å². The minimum atomic E-state index is -0.606. The number of hydrogen-bond acceptors (Lipinski definition) is 3. The summed E-state index contributed by atoms with van der Waals surface area (Å²) in [4.78, 5) is 24.8. The Labute approximate surface area is 95.3 Å². The molecule has 1 heterocycles. The van der Waals surface area contributed by atoms with E-state index >= 15 is 0 Å². The van der Waals surface area contributed by atoms with E-state index in [1.807, 2.05) is 0 Å². The molecule has 1 atom stereocenters. The first kappa shape index (κ1) is 11.4. The summed E-state index contributed by atoms with van der Waals surface area (Å²) in [5.74, 6) is 0.0250. The smallest absolute Gasteiger partial charge is 0.242 e. The monoisotopic (exact) mass is 225 g/mol. The van der Waals surface area contributed by atoms with Crippen molar-refractivity contribution in [3.63, 3.8) is 0 Å². The van der Waals surface area contributed by atoms with E-state index in [1.54, 1.807) is 4.90 Å². The molecule has 1 aliphatic carbocycles. The lowest BCUT2D eigenvalue weighted by Crippen LogP contribution is -2.59. The van der Waals surface area contributed by atoms with Crippen LogP contribution in [0.25, 0.3) is 0 Å². The minimum Gasteiger partial charge on any atom is -0.352 e. The predicted octanol–water partition coefficient (Wildman–Crippen LogP) is -0.395. The summed E-state index contributed by atoms with van der Waals surface area (Å²) in [7, 11) is 0. The van der Waals surface area contributed by atoms with E-state index in [2.05, 4.69) is 5.32 Å². The molecule has 1 aliphatic heterocycles. The molecule has 0 spiro atoms. The van der Waals surface area contributed by atoms with Gasteiger partial charge < -0.3 is 16.0 Å². The van der Waals surface area contributed by atoms with Gasteiger partial charge in [0, 0.05) is 26.1 Å². The Morgan fingerprint density at radius 2 is 2.12 bits per heavy atom. The molecule has 0 radical (unpaired) electrons. The summed E-state index contributed by atoms with van der Waals surface area (Å²) in [5.41, 5.74) is 5.39. The van der Waals surface area contributed by atoms with Crippen LogP contribution in [0, 0.1) is 0 Å². The zero-order chi connectivity index (χ0) is 11.8. The molecule has 1 saturated heterocycles. The fourth-order valence-corrected chi connectivity index (χ4v) is 2.44. The largest absolute Gasteiger partial charge is 0.352 e. The number of likely N-dealkylation sites (tertiary alicyclic amines) is 1. The first-order chi connectivity index (χ1) is 7.51. The maximum atomic E-state index is 12.1. The first-order valence-corrected chi connectivity index (χ1v) is 5.87. The topological polar surface area (TPSA) is 75.4 Å². The summed E-state index contributed by atoms with van der Waals surface area (Å²) < 4.78 is 0. The maximum Gasteiger partial charge on any atom is 0.242 e. The van der Waals surface area contributed by atoms with Crippen molar-refractivity contribution in [1.29, 1.82) is 0 Å². The molecule has 2 amide bonds. The van der Waals surface area contributed by atoms with Gasteiger partial charge >= 0.3 is 0 Å². The molecule has 0 aromatic rings. The maximum absolute atomic E-state index is 12.1. The second kappa shape index (κ2) is 4.05. The van der Waals surface area contributed by atoms with Crippen molar-refractivity contribution >= 4 is 11.8 Å². The molecule has 5 heteroatoms. The molecular formula is C11H19N3O2. The zero-order valence-electron chi connectivity index (χ0n) is 9.66. The van der Waals surface area contributed by atoms with E-state index < -0.39 is 5.54 Å². The molecule has 0 aromatic carbocycles. The molecule has 0 bridgehead atoms. The Morgan fingerprint density at radius 1 is 1.44 bits per heavy atom. The van der Waals surface area contributed by atoms with Gasteiger partial charge in [-0.25, -0.2) is 0 Å². The van der Waals surface area contributed by atoms with Gasteiger partial charge in [-0.2, -0.15) is 0 Å². The number of carbonyl (C=O) groups excluding carboxylic acids is 2. The van der Waals surface area contributed by atoms with Crippen LogP contribution in [0.1, 0.15) is 32.6 Å². The number of rotatable bonds is 2. The van der Waals surface area contributed by atoms with Gasteiger partial charge in [0.15, 0.2) is 0 Å². The van der Waals surface area contributed by atoms with Gasteiger partial charge in [-0.05, 0) is 25.7 Å². The van der Waals surface area contributed by atoms with Gasteiger partial charge in [0.25, 0.3) is 0 Å². The summed E-state index contributed by atoms with van der Waals surface area (Å²) >= 11 is 0. The number of carbonyl (C=O) groups is 2. The van der Waals surface area contributed by atoms with Crippen LogP contribution in [0.3, 0.4) is 0 Å². The van der Waals surface area contributed by atoms with Crippen molar-refractivity contribution < 1.29 is 9.59 Å². The number of nitrogens with zero attached hydrogens (tertiary/aromatic N) is 1. The molecule has 1 saturated carbocycles. The van der Waals surface area contributed by atoms with Crippen molar-refractivity contribution in [2.24, 2.45) is 5.73 Å². The Balaban J connectivity index is 1.88. The molecule has 2 aliphatic rings. The van der Waals surface area contributed by atoms with Gasteiger partial charge in [-0.3, -0.25) is 9.59 Å². The van der Waals surface area contributed by atoms with Gasteiger partial charge in [0.1, 0.15) is 0 Å². The highest BCUT2D eigenvalue weighted by Crippen LogP contribution is 2.31. The third-order valence-electron chi connectivity index (χ3n) is 3.55. The van der Waals surface area contributed by atoms with E-state index in [1.165, 1.54) is 6.92 Å². The van der Waals surface area contributed by atoms with E-state index in [0.717, 1.165) is 25.7 Å². The van der Waals surface area contributed by atoms with Crippen molar-refractivity contribution in [1.82, 2.24) is 10.2 Å². The lowest BCUT2D eigenvalue weighted by Gasteiger charge is -2.39. The quantitative estimate of drug-likeness (QED) is 0.671. The standard InChI is InChI=1S/C11H19N3O2/c1-8(15)13-9-3-6-14(7-9)10(16)11(12)4-2-5-11/h9H,2-7,12H2,1H3,(H,13,15). The SMILES string of the molecule is CC(=O)NC1CCN(C(=O)C2(N)CCC2)C1. The van der Waals surface area contributed by atoms with E-state index in [9.17, 15) is 9.59 Å². The average Bonchev–Trinajstić information content (AvgIpc) is 2.60. The summed E-state index contributed by atoms with van der Waals surface area (Å²) in [6.07, 6.45) is 3.48. The fraction of sp³-hybridized carbons (Fsp3) is 0.818. The van der Waals surface area contributed by atoms with E-state index in [-0.39, 0.29) is 17.9 Å². The van der Waals surface area contributed by atoms with Crippen LogP contribution in [0.2, 0.25) is 0 Å². The van der Waals surface area contributed by atoms with Crippen LogP contribution in [-0.4, -0.2) is 41.4 Å². The highest BCUT2D eigenvalue weighted by molar-refractivity contribution is 5.87. The van der Waals surface area contributed by atoms with Crippen LogP contribution in [0.15, 0.2) is 0 Å². The number of nitrogens with two attached hydrogens (primary N) is 1. The molecule has 90 valence electrons. The number of nitrogens with one attached hydrogen (secondary N) is 1. The number of hydrogen-bond donors (Lipinski definition) is 2. The van der Waals surface area contributed by atoms with Gasteiger partial charge in [-0.1, -0.05) is 0 Å². The molecule has 0 aromatic heterocycles. The molecule has 3 N–H and O–H groups in total. The highest BCUT2D eigenvalue weighted by Gasteiger charge is 2.44. The fourth-order valence-electron chi connectivity index (χ4n) is 2.44. The van der Waals surface area contributed by atoms with Crippen LogP contribution < -0.4 is 11.1 Å². The summed E-state index contributed by atoms with van der Waals surface area (Å²) in [5, 5.41) is 2.84. The van der Waals surface area contributed by atoms with E-state index in [4.69, 9.17) is 5.73 Å². The minimum absolute atomic E-state index is 0.0367. The van der Waals surface area contributed by atoms with Gasteiger partial charge in [0.2, 0.25) is 11.8 Å². The van der Waals surface area contributed by atoms with Crippen LogP contribution in [0.5, 0.6) is 0 Å². The van der Waals surface area contributed by atoms with E-state index in [0.29, 0.717) is 13.1 Å². The Bertz CT molecular complexity index is 312. The Hall–Kier alpha value is -1.10. The first-order valence-electron chi connectivity index (χ1n) is 5.87. The molecule has 1 unspecified atom stereocenters. The van der Waals surface area contributed by atoms with Gasteiger partial charge in [0.05, 0.1) is 5.54 Å². The lowest BCUT2D eigenvalue weighted by molar-refractivity contribution is -0.139. The van der Waals surface area contributed by atoms with Crippen LogP contribution in [-0.2, 0) is 9.59 Å². The van der Waals surface area contributed by atoms with Crippen molar-refractivity contribution in [2.75, 3.05) is 13.1 Å². The molecular weight excluding hydrogens is 206 g/mol. The lowest BCUT2D eigenvalue weighted by atomic mass is 9.76. The summed E-state index contributed by atoms with van der Waals surface area (Å²) in [6, 6.07) is 0.102. The zero-order valence-corrected chi connectivity index (χ0v) is 9.66. The molecule has 2 fully saturated rings. The van der Waals surface area contributed by atoms with Crippen LogP contribution >= 0.6 is 0 Å². The third kappa shape index (κ3) is 2.04. The second-order valence-corrected chi connectivity index (χ2v) is 4.95. The normalized spacial score (nSPS) is 27.4. The van der Waals surface area contributed by atoms with Gasteiger partial charge in [-0.15, -0.1) is 0 Å². The average molecular weight is 225 g/mol. The summed E-state index contributed by atoms with van der Waals surface area (Å²) in [6.45, 7) is 2.82. The third-order valence-corrected chi connectivity index (χ3v) is 3.55. The molecule has 2 rings (SSSR count). The predicted molar refractivity (Wildman–Crippen MR) is 59.6 cm³/mol. The Kier molecular flexibility index (Phi) is 2.88. The molecule has 5 nitrogen and oxygen atoms in total. The van der Waals surface area contributed by atoms with Crippen LogP contribution in [0.4, 0.5) is 0 Å². The Morgan fingerprint density at radius 3 is 2.62 bits per heavy atom. The number of amides is 2. The second-order valence-electron chi connectivity index (χ2n) is 4.95. The highest BCUT2D eigenvalue weighted by atomic mass is 16.2. The molecule has 16 heavy (non-hydrogen) atoms. The van der Waals surface area contributed by atoms with Crippen molar-refractivity contribution in [3.05, 3.63) is 0 Å².